The molecule has 3 N–H and O–H groups in total. The van der Waals surface area contributed by atoms with Crippen molar-refractivity contribution in [3.63, 3.8) is 0 Å². The quantitative estimate of drug-likeness (QED) is 0.616. The molecule has 0 aliphatic carbocycles. The van der Waals surface area contributed by atoms with Crippen LogP contribution in [0.5, 0.6) is 0 Å². The van der Waals surface area contributed by atoms with Crippen LogP contribution < -0.4 is 15.7 Å². The van der Waals surface area contributed by atoms with Gasteiger partial charge in [-0.25, -0.2) is 23.0 Å². The van der Waals surface area contributed by atoms with Gasteiger partial charge in [-0.05, 0) is 38.1 Å². The normalized spacial score (nSPS) is 11.3. The van der Waals surface area contributed by atoms with Gasteiger partial charge in [-0.3, -0.25) is 0 Å². The van der Waals surface area contributed by atoms with Gasteiger partial charge in [0.05, 0.1) is 16.8 Å². The molecule has 0 spiro atoms. The summed E-state index contributed by atoms with van der Waals surface area (Å²) in [5.41, 5.74) is 1.18. The summed E-state index contributed by atoms with van der Waals surface area (Å²) in [6, 6.07) is 5.89. The highest BCUT2D eigenvalue weighted by molar-refractivity contribution is 7.92. The molecule has 0 aliphatic rings. The number of aromatic nitrogens is 4. The van der Waals surface area contributed by atoms with E-state index in [1.165, 1.54) is 30.5 Å². The summed E-state index contributed by atoms with van der Waals surface area (Å²) in [4.78, 5) is 14.8. The molecule has 1 aromatic carbocycles. The van der Waals surface area contributed by atoms with Gasteiger partial charge in [0.2, 0.25) is 5.88 Å². The Balaban J connectivity index is 1.79. The Labute approximate surface area is 142 Å². The minimum atomic E-state index is -3.81. The number of aromatic amines is 1. The zero-order chi connectivity index (χ0) is 18.0. The van der Waals surface area contributed by atoms with Crippen LogP contribution in [-0.4, -0.2) is 28.8 Å². The van der Waals surface area contributed by atoms with Gasteiger partial charge in [-0.15, -0.1) is 0 Å². The van der Waals surface area contributed by atoms with Crippen molar-refractivity contribution in [2.75, 3.05) is 10.0 Å². The smallest absolute Gasteiger partial charge is 0.339 e. The third kappa shape index (κ3) is 3.66. The minimum Gasteiger partial charge on any atom is -0.339 e. The van der Waals surface area contributed by atoms with Crippen LogP contribution in [0, 0.1) is 13.8 Å². The van der Waals surface area contributed by atoms with Crippen LogP contribution >= 0.6 is 0 Å². The Morgan fingerprint density at radius 2 is 1.88 bits per heavy atom. The molecular formula is C14H14N6O4S. The van der Waals surface area contributed by atoms with E-state index in [2.05, 4.69) is 30.4 Å². The van der Waals surface area contributed by atoms with Gasteiger partial charge >= 0.3 is 5.69 Å². The third-order valence-electron chi connectivity index (χ3n) is 3.39. The van der Waals surface area contributed by atoms with Gasteiger partial charge in [-0.2, -0.15) is 10.1 Å². The van der Waals surface area contributed by atoms with Crippen molar-refractivity contribution in [2.24, 2.45) is 0 Å². The van der Waals surface area contributed by atoms with Gasteiger partial charge in [0.15, 0.2) is 5.82 Å². The van der Waals surface area contributed by atoms with Crippen molar-refractivity contribution >= 4 is 27.4 Å². The van der Waals surface area contributed by atoms with Gasteiger partial charge < -0.3 is 9.84 Å². The van der Waals surface area contributed by atoms with Crippen LogP contribution in [0.4, 0.5) is 17.4 Å². The molecule has 11 heteroatoms. The van der Waals surface area contributed by atoms with E-state index in [4.69, 9.17) is 4.52 Å². The lowest BCUT2D eigenvalue weighted by atomic mass is 10.3. The first-order valence-electron chi connectivity index (χ1n) is 7.10. The maximum absolute atomic E-state index is 12.4. The molecule has 0 unspecified atom stereocenters. The lowest BCUT2D eigenvalue weighted by Crippen LogP contribution is -2.14. The fourth-order valence-corrected chi connectivity index (χ4v) is 2.98. The maximum atomic E-state index is 12.4. The molecule has 3 aromatic rings. The van der Waals surface area contributed by atoms with E-state index in [0.717, 1.165) is 0 Å². The number of nitrogens with one attached hydrogen (secondary N) is 3. The summed E-state index contributed by atoms with van der Waals surface area (Å²) in [7, 11) is -3.81. The van der Waals surface area contributed by atoms with Crippen molar-refractivity contribution in [2.45, 2.75) is 18.7 Å². The number of hydrogen-bond acceptors (Lipinski definition) is 8. The van der Waals surface area contributed by atoms with Gasteiger partial charge in [0, 0.05) is 11.3 Å². The minimum absolute atomic E-state index is 0.0449. The number of hydrogen-bond donors (Lipinski definition) is 3. The molecule has 3 rings (SSSR count). The molecule has 130 valence electrons. The summed E-state index contributed by atoms with van der Waals surface area (Å²) in [6.45, 7) is 3.42. The Hall–Kier alpha value is -3.21. The highest BCUT2D eigenvalue weighted by Crippen LogP contribution is 2.23. The van der Waals surface area contributed by atoms with Crippen LogP contribution in [0.1, 0.15) is 11.3 Å². The van der Waals surface area contributed by atoms with Crippen molar-refractivity contribution in [1.29, 1.82) is 0 Å². The van der Waals surface area contributed by atoms with E-state index in [9.17, 15) is 13.2 Å². The topological polar surface area (TPSA) is 143 Å². The number of aryl methyl sites for hydroxylation is 1. The molecule has 0 aliphatic heterocycles. The predicted octanol–water partition coefficient (Wildman–Crippen LogP) is 1.31. The largest absolute Gasteiger partial charge is 0.363 e. The number of sulfonamides is 1. The van der Waals surface area contributed by atoms with Crippen molar-refractivity contribution in [1.82, 2.24) is 20.3 Å². The number of anilines is 3. The third-order valence-corrected chi connectivity index (χ3v) is 4.74. The molecule has 0 fully saturated rings. The Bertz CT molecular complexity index is 1060. The molecule has 2 heterocycles. The molecule has 0 amide bonds. The van der Waals surface area contributed by atoms with Crippen molar-refractivity contribution in [3.05, 3.63) is 52.2 Å². The van der Waals surface area contributed by atoms with E-state index >= 15 is 0 Å². The Morgan fingerprint density at radius 3 is 2.48 bits per heavy atom. The summed E-state index contributed by atoms with van der Waals surface area (Å²) in [5, 5.41) is 12.3. The summed E-state index contributed by atoms with van der Waals surface area (Å²) in [6.07, 6.45) is 1.34. The van der Waals surface area contributed by atoms with Gasteiger partial charge in [-0.1, -0.05) is 5.16 Å². The SMILES string of the molecule is Cc1noc(NS(=O)(=O)c2ccc(Nc3cn[nH]c(=O)n3)cc2)c1C. The highest BCUT2D eigenvalue weighted by Gasteiger charge is 2.19. The molecule has 10 nitrogen and oxygen atoms in total. The number of nitrogens with zero attached hydrogens (tertiary/aromatic N) is 3. The average molecular weight is 362 g/mol. The molecule has 0 radical (unpaired) electrons. The second kappa shape index (κ2) is 6.36. The van der Waals surface area contributed by atoms with Crippen LogP contribution in [0.25, 0.3) is 0 Å². The molecule has 0 saturated carbocycles. The summed E-state index contributed by atoms with van der Waals surface area (Å²) in [5.74, 6) is 0.323. The fraction of sp³-hybridized carbons (Fsp3) is 0.143. The van der Waals surface area contributed by atoms with E-state index in [0.29, 0.717) is 16.9 Å². The molecule has 0 saturated heterocycles. The Kier molecular flexibility index (Phi) is 4.23. The molecule has 0 bridgehead atoms. The lowest BCUT2D eigenvalue weighted by Gasteiger charge is -2.08. The molecule has 25 heavy (non-hydrogen) atoms. The van der Waals surface area contributed by atoms with E-state index < -0.39 is 15.7 Å². The van der Waals surface area contributed by atoms with Crippen LogP contribution in [-0.2, 0) is 10.0 Å². The standard InChI is InChI=1S/C14H14N6O4S/c1-8-9(2)19-24-13(8)20-25(22,23)11-5-3-10(4-6-11)16-12-7-15-18-14(21)17-12/h3-7,20H,1-2H3,(H2,16,17,18,21). The number of benzene rings is 1. The van der Waals surface area contributed by atoms with E-state index in [1.54, 1.807) is 13.8 Å². The Morgan fingerprint density at radius 1 is 1.16 bits per heavy atom. The fourth-order valence-electron chi connectivity index (χ4n) is 1.93. The molecule has 2 aromatic heterocycles. The molecular weight excluding hydrogens is 348 g/mol. The van der Waals surface area contributed by atoms with Crippen molar-refractivity contribution < 1.29 is 12.9 Å². The summed E-state index contributed by atoms with van der Waals surface area (Å²) < 4.78 is 32.1. The maximum Gasteiger partial charge on any atom is 0.363 e. The zero-order valence-corrected chi connectivity index (χ0v) is 14.1. The molecule has 0 atom stereocenters. The van der Waals surface area contributed by atoms with Crippen LogP contribution in [0.2, 0.25) is 0 Å². The second-order valence-electron chi connectivity index (χ2n) is 5.15. The first-order valence-corrected chi connectivity index (χ1v) is 8.58. The first kappa shape index (κ1) is 16.6. The van der Waals surface area contributed by atoms with Crippen LogP contribution in [0.15, 0.2) is 44.7 Å². The van der Waals surface area contributed by atoms with Gasteiger partial charge in [0.25, 0.3) is 10.0 Å². The average Bonchev–Trinajstić information content (AvgIpc) is 2.87. The summed E-state index contributed by atoms with van der Waals surface area (Å²) >= 11 is 0. The van der Waals surface area contributed by atoms with Crippen molar-refractivity contribution in [3.8, 4) is 0 Å². The van der Waals surface area contributed by atoms with E-state index in [1.807, 2.05) is 0 Å². The lowest BCUT2D eigenvalue weighted by molar-refractivity contribution is 0.430. The van der Waals surface area contributed by atoms with Crippen LogP contribution in [0.3, 0.4) is 0 Å². The van der Waals surface area contributed by atoms with E-state index in [-0.39, 0.29) is 16.6 Å². The zero-order valence-electron chi connectivity index (χ0n) is 13.3. The highest BCUT2D eigenvalue weighted by atomic mass is 32.2. The first-order chi connectivity index (χ1) is 11.8. The predicted molar refractivity (Wildman–Crippen MR) is 89.2 cm³/mol. The number of H-pyrrole nitrogens is 1. The monoisotopic (exact) mass is 362 g/mol. The number of rotatable bonds is 5. The second-order valence-corrected chi connectivity index (χ2v) is 6.83. The van der Waals surface area contributed by atoms with Gasteiger partial charge in [0.1, 0.15) is 0 Å².